The Labute approximate surface area is 126 Å². The topological polar surface area (TPSA) is 71.2 Å². The Morgan fingerprint density at radius 2 is 1.95 bits per heavy atom. The summed E-state index contributed by atoms with van der Waals surface area (Å²) in [6.45, 7) is 0.478. The number of benzene rings is 2. The third-order valence-corrected chi connectivity index (χ3v) is 3.35. The highest BCUT2D eigenvalue weighted by Gasteiger charge is 2.06. The number of rotatable bonds is 4. The summed E-state index contributed by atoms with van der Waals surface area (Å²) >= 11 is 5.87. The Kier molecular flexibility index (Phi) is 3.75. The maximum absolute atomic E-state index is 9.85. The van der Waals surface area contributed by atoms with Gasteiger partial charge in [-0.15, -0.1) is 10.2 Å². The number of anilines is 1. The second-order valence-corrected chi connectivity index (χ2v) is 4.83. The largest absolute Gasteiger partial charge is 0.506 e. The molecule has 3 rings (SSSR count). The molecular weight excluding hydrogens is 290 g/mol. The molecule has 2 aromatic carbocycles. The summed E-state index contributed by atoms with van der Waals surface area (Å²) < 4.78 is 5.13. The normalized spacial score (nSPS) is 10.5. The molecule has 1 heterocycles. The lowest BCUT2D eigenvalue weighted by molar-refractivity contribution is 0.469. The van der Waals surface area contributed by atoms with E-state index in [2.05, 4.69) is 15.5 Å². The SMILES string of the molecule is Oc1c(Cl)cccc1CNc1ccc(-c2nnco2)cc1. The maximum atomic E-state index is 9.85. The summed E-state index contributed by atoms with van der Waals surface area (Å²) in [5, 5.41) is 20.9. The molecule has 2 N–H and O–H groups in total. The predicted octanol–water partition coefficient (Wildman–Crippen LogP) is 3.71. The first-order valence-corrected chi connectivity index (χ1v) is 6.68. The fourth-order valence-corrected chi connectivity index (χ4v) is 2.12. The number of para-hydroxylation sites is 1. The van der Waals surface area contributed by atoms with E-state index in [0.717, 1.165) is 16.8 Å². The van der Waals surface area contributed by atoms with Crippen LogP contribution in [0.15, 0.2) is 53.3 Å². The van der Waals surface area contributed by atoms with Crippen LogP contribution >= 0.6 is 11.6 Å². The van der Waals surface area contributed by atoms with Crippen molar-refractivity contribution >= 4 is 17.3 Å². The van der Waals surface area contributed by atoms with Crippen molar-refractivity contribution in [2.45, 2.75) is 6.54 Å². The number of nitrogens with zero attached hydrogens (tertiary/aromatic N) is 2. The lowest BCUT2D eigenvalue weighted by Gasteiger charge is -2.09. The van der Waals surface area contributed by atoms with Crippen LogP contribution in [-0.2, 0) is 6.54 Å². The van der Waals surface area contributed by atoms with Gasteiger partial charge in [0, 0.05) is 23.4 Å². The van der Waals surface area contributed by atoms with E-state index in [1.807, 2.05) is 30.3 Å². The second kappa shape index (κ2) is 5.85. The number of aromatic nitrogens is 2. The first kappa shape index (κ1) is 13.5. The van der Waals surface area contributed by atoms with Crippen LogP contribution in [0.4, 0.5) is 5.69 Å². The summed E-state index contributed by atoms with van der Waals surface area (Å²) in [7, 11) is 0. The molecule has 1 aromatic heterocycles. The highest BCUT2D eigenvalue weighted by molar-refractivity contribution is 6.32. The molecule has 0 spiro atoms. The molecule has 0 saturated carbocycles. The van der Waals surface area contributed by atoms with Gasteiger partial charge in [0.05, 0.1) is 5.02 Å². The van der Waals surface area contributed by atoms with Gasteiger partial charge >= 0.3 is 0 Å². The van der Waals surface area contributed by atoms with E-state index in [0.29, 0.717) is 17.5 Å². The average molecular weight is 302 g/mol. The summed E-state index contributed by atoms with van der Waals surface area (Å²) in [6, 6.07) is 12.8. The van der Waals surface area contributed by atoms with Crippen molar-refractivity contribution in [3.05, 3.63) is 59.4 Å². The first-order chi connectivity index (χ1) is 10.2. The van der Waals surface area contributed by atoms with Crippen molar-refractivity contribution in [2.75, 3.05) is 5.32 Å². The zero-order chi connectivity index (χ0) is 14.7. The molecule has 0 aliphatic rings. The van der Waals surface area contributed by atoms with Gasteiger partial charge in [0.15, 0.2) is 0 Å². The molecule has 0 atom stereocenters. The minimum Gasteiger partial charge on any atom is -0.506 e. The molecule has 0 radical (unpaired) electrons. The van der Waals surface area contributed by atoms with Crippen molar-refractivity contribution in [3.8, 4) is 17.2 Å². The standard InChI is InChI=1S/C15H12ClN3O2/c16-13-3-1-2-11(14(13)20)8-17-12-6-4-10(5-7-12)15-19-18-9-21-15/h1-7,9,17,20H,8H2. The Bertz CT molecular complexity index is 727. The number of phenols is 1. The monoisotopic (exact) mass is 301 g/mol. The van der Waals surface area contributed by atoms with Crippen molar-refractivity contribution in [1.82, 2.24) is 10.2 Å². The lowest BCUT2D eigenvalue weighted by Crippen LogP contribution is -1.99. The van der Waals surface area contributed by atoms with Gasteiger partial charge in [-0.3, -0.25) is 0 Å². The van der Waals surface area contributed by atoms with Crippen molar-refractivity contribution in [1.29, 1.82) is 0 Å². The molecule has 0 aliphatic carbocycles. The molecule has 0 bridgehead atoms. The number of aromatic hydroxyl groups is 1. The van der Waals surface area contributed by atoms with E-state index in [1.165, 1.54) is 6.39 Å². The van der Waals surface area contributed by atoms with Crippen LogP contribution in [0.5, 0.6) is 5.75 Å². The molecule has 3 aromatic rings. The van der Waals surface area contributed by atoms with Gasteiger partial charge in [0.25, 0.3) is 0 Å². The molecule has 0 amide bonds. The van der Waals surface area contributed by atoms with Crippen LogP contribution in [0.1, 0.15) is 5.56 Å². The quantitative estimate of drug-likeness (QED) is 0.768. The number of hydrogen-bond acceptors (Lipinski definition) is 5. The fraction of sp³-hybridized carbons (Fsp3) is 0.0667. The van der Waals surface area contributed by atoms with Gasteiger partial charge in [-0.05, 0) is 30.3 Å². The molecule has 0 aliphatic heterocycles. The smallest absolute Gasteiger partial charge is 0.247 e. The number of nitrogens with one attached hydrogen (secondary N) is 1. The van der Waals surface area contributed by atoms with Gasteiger partial charge in [0.2, 0.25) is 12.3 Å². The number of phenolic OH excluding ortho intramolecular Hbond substituents is 1. The molecule has 0 saturated heterocycles. The van der Waals surface area contributed by atoms with E-state index >= 15 is 0 Å². The third kappa shape index (κ3) is 2.98. The second-order valence-electron chi connectivity index (χ2n) is 4.42. The van der Waals surface area contributed by atoms with Gasteiger partial charge < -0.3 is 14.8 Å². The highest BCUT2D eigenvalue weighted by atomic mass is 35.5. The van der Waals surface area contributed by atoms with Gasteiger partial charge in [-0.1, -0.05) is 23.7 Å². The molecule has 5 nitrogen and oxygen atoms in total. The molecule has 21 heavy (non-hydrogen) atoms. The minimum atomic E-state index is 0.106. The Hall–Kier alpha value is -2.53. The summed E-state index contributed by atoms with van der Waals surface area (Å²) in [5.41, 5.74) is 2.50. The summed E-state index contributed by atoms with van der Waals surface area (Å²) in [4.78, 5) is 0. The number of hydrogen-bond donors (Lipinski definition) is 2. The van der Waals surface area contributed by atoms with Crippen LogP contribution in [-0.4, -0.2) is 15.3 Å². The van der Waals surface area contributed by atoms with Crippen LogP contribution in [0, 0.1) is 0 Å². The summed E-state index contributed by atoms with van der Waals surface area (Å²) in [5.74, 6) is 0.586. The van der Waals surface area contributed by atoms with Gasteiger partial charge in [0.1, 0.15) is 5.75 Å². The summed E-state index contributed by atoms with van der Waals surface area (Å²) in [6.07, 6.45) is 1.30. The molecular formula is C15H12ClN3O2. The van der Waals surface area contributed by atoms with Crippen molar-refractivity contribution < 1.29 is 9.52 Å². The van der Waals surface area contributed by atoms with E-state index in [4.69, 9.17) is 16.0 Å². The van der Waals surface area contributed by atoms with Crippen LogP contribution in [0.25, 0.3) is 11.5 Å². The predicted molar refractivity (Wildman–Crippen MR) is 80.2 cm³/mol. The average Bonchev–Trinajstić information content (AvgIpc) is 3.04. The van der Waals surface area contributed by atoms with Gasteiger partial charge in [-0.2, -0.15) is 0 Å². The maximum Gasteiger partial charge on any atom is 0.247 e. The van der Waals surface area contributed by atoms with Crippen molar-refractivity contribution in [3.63, 3.8) is 0 Å². The molecule has 0 unspecified atom stereocenters. The number of halogens is 1. The van der Waals surface area contributed by atoms with Crippen LogP contribution in [0.3, 0.4) is 0 Å². The highest BCUT2D eigenvalue weighted by Crippen LogP contribution is 2.27. The van der Waals surface area contributed by atoms with E-state index < -0.39 is 0 Å². The third-order valence-electron chi connectivity index (χ3n) is 3.05. The van der Waals surface area contributed by atoms with Crippen LogP contribution in [0.2, 0.25) is 5.02 Å². The molecule has 6 heteroatoms. The van der Waals surface area contributed by atoms with Crippen molar-refractivity contribution in [2.24, 2.45) is 0 Å². The van der Waals surface area contributed by atoms with E-state index in [-0.39, 0.29) is 5.75 Å². The fourth-order valence-electron chi connectivity index (χ4n) is 1.93. The Morgan fingerprint density at radius 1 is 1.14 bits per heavy atom. The zero-order valence-electron chi connectivity index (χ0n) is 11.0. The van der Waals surface area contributed by atoms with Crippen LogP contribution < -0.4 is 5.32 Å². The van der Waals surface area contributed by atoms with E-state index in [9.17, 15) is 5.11 Å². The first-order valence-electron chi connectivity index (χ1n) is 6.31. The minimum absolute atomic E-state index is 0.106. The lowest BCUT2D eigenvalue weighted by atomic mass is 10.1. The molecule has 0 fully saturated rings. The Morgan fingerprint density at radius 3 is 2.67 bits per heavy atom. The van der Waals surface area contributed by atoms with E-state index in [1.54, 1.807) is 12.1 Å². The Balaban J connectivity index is 1.70. The van der Waals surface area contributed by atoms with Gasteiger partial charge in [-0.25, -0.2) is 0 Å². The zero-order valence-corrected chi connectivity index (χ0v) is 11.7. The molecule has 106 valence electrons.